The van der Waals surface area contributed by atoms with Gasteiger partial charge < -0.3 is 26.0 Å². The maximum Gasteiger partial charge on any atom is 0.315 e. The number of nitrogens with one attached hydrogen (secondary N) is 2. The Hall–Kier alpha value is -3.14. The second kappa shape index (κ2) is 10.7. The maximum atomic E-state index is 14.1. The van der Waals surface area contributed by atoms with Crippen molar-refractivity contribution in [1.82, 2.24) is 25.4 Å². The largest absolute Gasteiger partial charge is 0.487 e. The van der Waals surface area contributed by atoms with E-state index in [0.29, 0.717) is 49.5 Å². The smallest absolute Gasteiger partial charge is 0.315 e. The third-order valence-electron chi connectivity index (χ3n) is 8.16. The Bertz CT molecular complexity index is 1080. The van der Waals surface area contributed by atoms with E-state index < -0.39 is 11.8 Å². The van der Waals surface area contributed by atoms with Crippen LogP contribution in [0.2, 0.25) is 0 Å². The van der Waals surface area contributed by atoms with E-state index in [-0.39, 0.29) is 30.3 Å². The summed E-state index contributed by atoms with van der Waals surface area (Å²) in [5, 5.41) is 5.56. The van der Waals surface area contributed by atoms with Gasteiger partial charge >= 0.3 is 6.03 Å². The lowest BCUT2D eigenvalue weighted by Gasteiger charge is -2.49. The van der Waals surface area contributed by atoms with Crippen molar-refractivity contribution in [3.63, 3.8) is 0 Å². The van der Waals surface area contributed by atoms with Gasteiger partial charge in [-0.2, -0.15) is 0 Å². The quantitative estimate of drug-likeness (QED) is 0.572. The van der Waals surface area contributed by atoms with Crippen molar-refractivity contribution in [2.45, 2.75) is 62.9 Å². The number of nitrogens with zero attached hydrogens (tertiary/aromatic N) is 3. The third kappa shape index (κ3) is 5.74. The molecule has 200 valence electrons. The summed E-state index contributed by atoms with van der Waals surface area (Å²) in [6, 6.07) is 3.27. The van der Waals surface area contributed by atoms with Crippen LogP contribution < -0.4 is 16.4 Å². The number of urea groups is 1. The molecule has 0 aromatic carbocycles. The molecule has 4 N–H and O–H groups in total. The van der Waals surface area contributed by atoms with Crippen molar-refractivity contribution in [2.75, 3.05) is 39.0 Å². The number of piperidine rings is 2. The fourth-order valence-electron chi connectivity index (χ4n) is 6.08. The van der Waals surface area contributed by atoms with Crippen molar-refractivity contribution in [3.05, 3.63) is 47.4 Å². The number of anilines is 1. The molecule has 3 aliphatic heterocycles. The van der Waals surface area contributed by atoms with Crippen molar-refractivity contribution < 1.29 is 18.7 Å². The van der Waals surface area contributed by atoms with Gasteiger partial charge in [-0.25, -0.2) is 14.2 Å². The van der Waals surface area contributed by atoms with Gasteiger partial charge in [-0.15, -0.1) is 0 Å². The second-order valence-electron chi connectivity index (χ2n) is 10.7. The zero-order chi connectivity index (χ0) is 26.0. The van der Waals surface area contributed by atoms with Crippen LogP contribution in [0.15, 0.2) is 41.8 Å². The number of ether oxygens (including phenoxy) is 1. The van der Waals surface area contributed by atoms with Crippen molar-refractivity contribution in [1.29, 1.82) is 0 Å². The lowest BCUT2D eigenvalue weighted by molar-refractivity contribution is -0.143. The summed E-state index contributed by atoms with van der Waals surface area (Å²) >= 11 is 0. The average molecular weight is 513 g/mol. The molecule has 0 saturated carbocycles. The Kier molecular flexibility index (Phi) is 7.37. The first-order valence-corrected chi connectivity index (χ1v) is 13.3. The lowest BCUT2D eigenvalue weighted by atomic mass is 9.78. The summed E-state index contributed by atoms with van der Waals surface area (Å²) in [7, 11) is 1.57. The van der Waals surface area contributed by atoms with Crippen LogP contribution >= 0.6 is 0 Å². The molecular weight excluding hydrogens is 475 g/mol. The SMILES string of the molecule is CNC(=O)NC1CC2(CCN(C(=O)C3CCN(Cc4ccnc(N)c4)CC3)CC2)OC2=CCC(F)C=C21. The molecule has 2 atom stereocenters. The van der Waals surface area contributed by atoms with Gasteiger partial charge in [0.2, 0.25) is 5.91 Å². The number of halogens is 1. The maximum absolute atomic E-state index is 14.1. The van der Waals surface area contributed by atoms with Crippen LogP contribution in [0, 0.1) is 5.92 Å². The van der Waals surface area contributed by atoms with Gasteiger partial charge in [-0.1, -0.05) is 0 Å². The van der Waals surface area contributed by atoms with Gasteiger partial charge in [0.15, 0.2) is 0 Å². The van der Waals surface area contributed by atoms with E-state index in [1.165, 1.54) is 0 Å². The summed E-state index contributed by atoms with van der Waals surface area (Å²) in [6.45, 7) is 3.83. The van der Waals surface area contributed by atoms with Gasteiger partial charge in [0.25, 0.3) is 0 Å². The monoisotopic (exact) mass is 512 g/mol. The van der Waals surface area contributed by atoms with E-state index in [1.807, 2.05) is 17.0 Å². The summed E-state index contributed by atoms with van der Waals surface area (Å²) in [5.41, 5.74) is 7.19. The molecule has 37 heavy (non-hydrogen) atoms. The number of allylic oxidation sites excluding steroid dienone is 2. The fourth-order valence-corrected chi connectivity index (χ4v) is 6.08. The van der Waals surface area contributed by atoms with Gasteiger partial charge in [-0.3, -0.25) is 9.69 Å². The normalized spacial score (nSPS) is 25.9. The first kappa shape index (κ1) is 25.5. The van der Waals surface area contributed by atoms with Crippen LogP contribution in [-0.4, -0.2) is 77.8 Å². The molecule has 4 heterocycles. The van der Waals surface area contributed by atoms with E-state index in [2.05, 4.69) is 20.5 Å². The highest BCUT2D eigenvalue weighted by Gasteiger charge is 2.47. The number of likely N-dealkylation sites (tertiary alicyclic amines) is 2. The highest BCUT2D eigenvalue weighted by atomic mass is 19.1. The number of nitrogen functional groups attached to an aromatic ring is 1. The number of amides is 3. The molecule has 4 aliphatic rings. The second-order valence-corrected chi connectivity index (χ2v) is 10.7. The third-order valence-corrected chi connectivity index (χ3v) is 8.16. The van der Waals surface area contributed by atoms with Crippen molar-refractivity contribution in [3.8, 4) is 0 Å². The average Bonchev–Trinajstić information content (AvgIpc) is 2.89. The van der Waals surface area contributed by atoms with Gasteiger partial charge in [-0.05, 0) is 55.8 Å². The topological polar surface area (TPSA) is 113 Å². The fraction of sp³-hybridized carbons (Fsp3) is 0.593. The number of hydrogen-bond acceptors (Lipinski definition) is 6. The van der Waals surface area contributed by atoms with Gasteiger partial charge in [0.05, 0.1) is 6.04 Å². The van der Waals surface area contributed by atoms with Crippen LogP contribution in [0.25, 0.3) is 0 Å². The molecule has 1 aromatic heterocycles. The first-order chi connectivity index (χ1) is 17.8. The van der Waals surface area contributed by atoms with E-state index in [0.717, 1.165) is 38.0 Å². The van der Waals surface area contributed by atoms with Crippen molar-refractivity contribution >= 4 is 17.8 Å². The van der Waals surface area contributed by atoms with E-state index in [9.17, 15) is 14.0 Å². The lowest BCUT2D eigenvalue weighted by Crippen LogP contribution is -2.56. The van der Waals surface area contributed by atoms with E-state index in [4.69, 9.17) is 10.5 Å². The Balaban J connectivity index is 1.16. The predicted octanol–water partition coefficient (Wildman–Crippen LogP) is 2.51. The molecule has 1 aliphatic carbocycles. The number of hydrogen-bond donors (Lipinski definition) is 3. The number of carbonyl (C=O) groups excluding carboxylic acids is 2. The molecule has 3 fully saturated rings. The van der Waals surface area contributed by atoms with E-state index >= 15 is 0 Å². The number of pyridine rings is 1. The van der Waals surface area contributed by atoms with Crippen LogP contribution in [-0.2, 0) is 16.1 Å². The molecule has 5 rings (SSSR count). The Labute approximate surface area is 217 Å². The van der Waals surface area contributed by atoms with Crippen LogP contribution in [0.3, 0.4) is 0 Å². The Morgan fingerprint density at radius 1 is 1.24 bits per heavy atom. The standard InChI is InChI=1S/C27H37FN6O3/c1-30-26(36)32-22-16-27(37-23-3-2-20(28)15-21(22)23)7-12-34(13-8-27)25(35)19-5-10-33(11-6-19)17-18-4-9-31-24(29)14-18/h3-4,9,14-15,19-20,22H,2,5-8,10-13,16-17H2,1H3,(H2,29,31)(H2,30,32,36). The molecule has 9 nitrogen and oxygen atoms in total. The van der Waals surface area contributed by atoms with Crippen LogP contribution in [0.1, 0.15) is 44.1 Å². The van der Waals surface area contributed by atoms with Gasteiger partial charge in [0, 0.05) is 70.1 Å². The summed E-state index contributed by atoms with van der Waals surface area (Å²) in [5.74, 6) is 1.47. The highest BCUT2D eigenvalue weighted by Crippen LogP contribution is 2.43. The Morgan fingerprint density at radius 3 is 2.70 bits per heavy atom. The van der Waals surface area contributed by atoms with E-state index in [1.54, 1.807) is 25.4 Å². The molecule has 2 unspecified atom stereocenters. The molecule has 1 aromatic rings. The summed E-state index contributed by atoms with van der Waals surface area (Å²) in [6.07, 6.45) is 7.95. The number of fused-ring (bicyclic) bond motifs is 1. The minimum Gasteiger partial charge on any atom is -0.487 e. The van der Waals surface area contributed by atoms with Crippen LogP contribution in [0.5, 0.6) is 0 Å². The molecule has 1 spiro atoms. The summed E-state index contributed by atoms with van der Waals surface area (Å²) in [4.78, 5) is 33.9. The van der Waals surface area contributed by atoms with Crippen LogP contribution in [0.4, 0.5) is 15.0 Å². The molecule has 3 saturated heterocycles. The Morgan fingerprint density at radius 2 is 2.00 bits per heavy atom. The molecule has 0 radical (unpaired) electrons. The molecule has 10 heteroatoms. The molecule has 0 bridgehead atoms. The number of carbonyl (C=O) groups is 2. The number of aromatic nitrogens is 1. The first-order valence-electron chi connectivity index (χ1n) is 13.3. The molecule has 3 amide bonds. The summed E-state index contributed by atoms with van der Waals surface area (Å²) < 4.78 is 20.5. The number of alkyl halides is 1. The zero-order valence-corrected chi connectivity index (χ0v) is 21.4. The number of rotatable bonds is 4. The predicted molar refractivity (Wildman–Crippen MR) is 138 cm³/mol. The minimum absolute atomic E-state index is 0.0415. The molecular formula is C27H37FN6O3. The number of nitrogens with two attached hydrogens (primary N) is 1. The zero-order valence-electron chi connectivity index (χ0n) is 21.4. The minimum atomic E-state index is -1.07. The van der Waals surface area contributed by atoms with Gasteiger partial charge in [0.1, 0.15) is 23.3 Å². The highest BCUT2D eigenvalue weighted by molar-refractivity contribution is 5.79. The van der Waals surface area contributed by atoms with Crippen molar-refractivity contribution in [2.24, 2.45) is 5.92 Å².